The van der Waals surface area contributed by atoms with Gasteiger partial charge in [-0.3, -0.25) is 14.3 Å². The zero-order chi connectivity index (χ0) is 22.8. The Balaban J connectivity index is 1.44. The smallest absolute Gasteiger partial charge is 0.273 e. The zero-order valence-corrected chi connectivity index (χ0v) is 19.3. The lowest BCUT2D eigenvalue weighted by molar-refractivity contribution is -0.134. The minimum atomic E-state index is -1.01. The number of nitrogens with zero attached hydrogens (tertiary/aromatic N) is 3. The Bertz CT molecular complexity index is 1080. The highest BCUT2D eigenvalue weighted by Gasteiger charge is 2.48. The van der Waals surface area contributed by atoms with E-state index >= 15 is 0 Å². The van der Waals surface area contributed by atoms with Crippen LogP contribution in [0.5, 0.6) is 0 Å². The number of hydrogen-bond acceptors (Lipinski definition) is 4. The largest absolute Gasteiger partial charge is 0.463 e. The molecule has 1 saturated carbocycles. The maximum absolute atomic E-state index is 13.7. The Labute approximate surface area is 194 Å². The molecule has 1 atom stereocenters. The molecule has 7 nitrogen and oxygen atoms in total. The van der Waals surface area contributed by atoms with Crippen molar-refractivity contribution < 1.29 is 14.0 Å². The standard InChI is InChI=1S/C26H32N4O3/c1-26(25(32)27-20-11-6-3-7-12-20)18-30-22(17-21(28-30)23-13-8-16-33-23)24(31)29(26)15-14-19-9-4-2-5-10-19/h4,8-10,13,16-17,20H,2-3,5-7,11-12,14-15,18H2,1H3,(H,27,32). The second kappa shape index (κ2) is 9.04. The van der Waals surface area contributed by atoms with Crippen LogP contribution >= 0.6 is 0 Å². The molecule has 3 aliphatic rings. The van der Waals surface area contributed by atoms with Crippen molar-refractivity contribution in [2.45, 2.75) is 76.4 Å². The molecular formula is C26H32N4O3. The molecule has 1 unspecified atom stereocenters. The molecule has 1 N–H and O–H groups in total. The van der Waals surface area contributed by atoms with Crippen molar-refractivity contribution in [2.24, 2.45) is 0 Å². The number of furan rings is 1. The summed E-state index contributed by atoms with van der Waals surface area (Å²) in [6, 6.07) is 5.58. The number of nitrogens with one attached hydrogen (secondary N) is 1. The van der Waals surface area contributed by atoms with E-state index in [0.717, 1.165) is 44.9 Å². The highest BCUT2D eigenvalue weighted by Crippen LogP contribution is 2.31. The van der Waals surface area contributed by atoms with E-state index < -0.39 is 5.54 Å². The van der Waals surface area contributed by atoms with Gasteiger partial charge in [-0.05, 0) is 51.2 Å². The van der Waals surface area contributed by atoms with E-state index in [4.69, 9.17) is 4.42 Å². The Morgan fingerprint density at radius 2 is 2.12 bits per heavy atom. The second-order valence-electron chi connectivity index (χ2n) is 9.60. The summed E-state index contributed by atoms with van der Waals surface area (Å²) in [6.07, 6.45) is 16.5. The van der Waals surface area contributed by atoms with Gasteiger partial charge in [0.2, 0.25) is 5.91 Å². The molecule has 7 heteroatoms. The Kier molecular flexibility index (Phi) is 5.96. The van der Waals surface area contributed by atoms with Crippen molar-refractivity contribution in [3.8, 4) is 11.5 Å². The Hall–Kier alpha value is -3.09. The lowest BCUT2D eigenvalue weighted by atomic mass is 9.91. The molecular weight excluding hydrogens is 416 g/mol. The number of allylic oxidation sites excluding steroid dienone is 3. The van der Waals surface area contributed by atoms with Crippen molar-refractivity contribution in [1.29, 1.82) is 0 Å². The number of hydrogen-bond donors (Lipinski definition) is 1. The molecule has 0 aromatic carbocycles. The van der Waals surface area contributed by atoms with Crippen LogP contribution in [0.2, 0.25) is 0 Å². The summed E-state index contributed by atoms with van der Waals surface area (Å²) in [4.78, 5) is 29.1. The van der Waals surface area contributed by atoms with Gasteiger partial charge in [-0.25, -0.2) is 0 Å². The second-order valence-corrected chi connectivity index (χ2v) is 9.60. The van der Waals surface area contributed by atoms with Gasteiger partial charge in [-0.15, -0.1) is 0 Å². The highest BCUT2D eigenvalue weighted by atomic mass is 16.3. The van der Waals surface area contributed by atoms with E-state index in [2.05, 4.69) is 28.6 Å². The first-order valence-electron chi connectivity index (χ1n) is 12.1. The third-order valence-electron chi connectivity index (χ3n) is 7.20. The molecule has 2 amide bonds. The van der Waals surface area contributed by atoms with E-state index in [-0.39, 0.29) is 17.9 Å². The lowest BCUT2D eigenvalue weighted by Gasteiger charge is -2.44. The molecule has 3 heterocycles. The summed E-state index contributed by atoms with van der Waals surface area (Å²) in [6.45, 7) is 2.69. The predicted octanol–water partition coefficient (Wildman–Crippen LogP) is 4.47. The van der Waals surface area contributed by atoms with Crippen LogP contribution in [0.3, 0.4) is 0 Å². The molecule has 2 aliphatic carbocycles. The topological polar surface area (TPSA) is 80.4 Å². The average Bonchev–Trinajstić information content (AvgIpc) is 3.50. The number of carbonyl (C=O) groups excluding carboxylic acids is 2. The highest BCUT2D eigenvalue weighted by molar-refractivity contribution is 6.00. The molecule has 0 saturated heterocycles. The third-order valence-corrected chi connectivity index (χ3v) is 7.20. The molecule has 1 fully saturated rings. The van der Waals surface area contributed by atoms with Gasteiger partial charge >= 0.3 is 0 Å². The number of carbonyl (C=O) groups is 2. The summed E-state index contributed by atoms with van der Waals surface area (Å²) in [5.74, 6) is 0.368. The van der Waals surface area contributed by atoms with E-state index in [1.54, 1.807) is 28.0 Å². The monoisotopic (exact) mass is 448 g/mol. The molecule has 1 aliphatic heterocycles. The van der Waals surface area contributed by atoms with E-state index in [1.165, 1.54) is 12.0 Å². The molecule has 5 rings (SSSR count). The zero-order valence-electron chi connectivity index (χ0n) is 19.3. The summed E-state index contributed by atoms with van der Waals surface area (Å²) in [5, 5.41) is 7.89. The van der Waals surface area contributed by atoms with Crippen LogP contribution in [0.15, 0.2) is 52.7 Å². The normalized spacial score (nSPS) is 23.4. The van der Waals surface area contributed by atoms with Crippen molar-refractivity contribution in [3.63, 3.8) is 0 Å². The number of aromatic nitrogens is 2. The molecule has 174 valence electrons. The first-order chi connectivity index (χ1) is 16.0. The van der Waals surface area contributed by atoms with Crippen molar-refractivity contribution >= 4 is 11.8 Å². The maximum atomic E-state index is 13.7. The van der Waals surface area contributed by atoms with Crippen molar-refractivity contribution in [2.75, 3.05) is 6.54 Å². The maximum Gasteiger partial charge on any atom is 0.273 e. The fraction of sp³-hybridized carbons (Fsp3) is 0.500. The van der Waals surface area contributed by atoms with Gasteiger partial charge < -0.3 is 14.6 Å². The first kappa shape index (κ1) is 21.7. The van der Waals surface area contributed by atoms with Crippen molar-refractivity contribution in [1.82, 2.24) is 20.0 Å². The molecule has 0 bridgehead atoms. The fourth-order valence-electron chi connectivity index (χ4n) is 5.22. The summed E-state index contributed by atoms with van der Waals surface area (Å²) < 4.78 is 7.17. The van der Waals surface area contributed by atoms with Gasteiger partial charge in [-0.1, -0.05) is 43.1 Å². The van der Waals surface area contributed by atoms with Crippen molar-refractivity contribution in [3.05, 3.63) is 54.0 Å². The van der Waals surface area contributed by atoms with Crippen LogP contribution in [0.25, 0.3) is 11.5 Å². The van der Waals surface area contributed by atoms with Gasteiger partial charge in [-0.2, -0.15) is 5.10 Å². The SMILES string of the molecule is CC1(C(=O)NC2CCCCC2)Cn2nc(-c3ccco3)cc2C(=O)N1CCC1=CCCC=C1. The van der Waals surface area contributed by atoms with E-state index in [9.17, 15) is 9.59 Å². The van der Waals surface area contributed by atoms with Crippen LogP contribution in [-0.2, 0) is 11.3 Å². The molecule has 0 spiro atoms. The van der Waals surface area contributed by atoms with Gasteiger partial charge in [0.1, 0.15) is 16.9 Å². The van der Waals surface area contributed by atoms with Crippen LogP contribution in [0.4, 0.5) is 0 Å². The molecule has 33 heavy (non-hydrogen) atoms. The van der Waals surface area contributed by atoms with Gasteiger partial charge in [0.15, 0.2) is 5.76 Å². The Morgan fingerprint density at radius 1 is 1.27 bits per heavy atom. The average molecular weight is 449 g/mol. The van der Waals surface area contributed by atoms with Gasteiger partial charge in [0.05, 0.1) is 12.8 Å². The molecule has 0 radical (unpaired) electrons. The summed E-state index contributed by atoms with van der Waals surface area (Å²) >= 11 is 0. The predicted molar refractivity (Wildman–Crippen MR) is 125 cm³/mol. The minimum absolute atomic E-state index is 0.0865. The number of fused-ring (bicyclic) bond motifs is 1. The molecule has 2 aromatic heterocycles. The lowest BCUT2D eigenvalue weighted by Crippen LogP contribution is -2.65. The molecule has 2 aromatic rings. The number of amides is 2. The first-order valence-corrected chi connectivity index (χ1v) is 12.1. The van der Waals surface area contributed by atoms with Crippen LogP contribution in [-0.4, -0.2) is 44.6 Å². The quantitative estimate of drug-likeness (QED) is 0.707. The van der Waals surface area contributed by atoms with E-state index in [1.807, 2.05) is 13.0 Å². The fourth-order valence-corrected chi connectivity index (χ4v) is 5.22. The minimum Gasteiger partial charge on any atom is -0.463 e. The van der Waals surface area contributed by atoms with Gasteiger partial charge in [0, 0.05) is 18.7 Å². The summed E-state index contributed by atoms with van der Waals surface area (Å²) in [7, 11) is 0. The Morgan fingerprint density at radius 3 is 2.85 bits per heavy atom. The third kappa shape index (κ3) is 4.28. The van der Waals surface area contributed by atoms with Gasteiger partial charge in [0.25, 0.3) is 5.91 Å². The summed E-state index contributed by atoms with van der Waals surface area (Å²) in [5.41, 5.74) is 1.32. The van der Waals surface area contributed by atoms with Crippen LogP contribution < -0.4 is 5.32 Å². The van der Waals surface area contributed by atoms with Crippen LogP contribution in [0, 0.1) is 0 Å². The van der Waals surface area contributed by atoms with E-state index in [0.29, 0.717) is 30.2 Å². The van der Waals surface area contributed by atoms with Crippen LogP contribution in [0.1, 0.15) is 68.8 Å². The number of rotatable bonds is 6.